The van der Waals surface area contributed by atoms with Gasteiger partial charge in [-0.05, 0) is 12.8 Å². The summed E-state index contributed by atoms with van der Waals surface area (Å²) >= 11 is 5.50. The van der Waals surface area contributed by atoms with Gasteiger partial charge in [0.25, 0.3) is 0 Å². The number of likely N-dealkylation sites (tertiary alicyclic amines) is 1. The monoisotopic (exact) mass is 232 g/mol. The molecule has 1 fully saturated rings. The molecule has 0 spiro atoms. The number of amides is 2. The molecule has 0 radical (unpaired) electrons. The average molecular weight is 233 g/mol. The molecule has 0 aliphatic carbocycles. The summed E-state index contributed by atoms with van der Waals surface area (Å²) in [7, 11) is 1.78. The van der Waals surface area contributed by atoms with Crippen LogP contribution in [0.3, 0.4) is 0 Å². The van der Waals surface area contributed by atoms with Crippen molar-refractivity contribution in [2.75, 3.05) is 26.0 Å². The molecule has 1 aliphatic heterocycles. The lowest BCUT2D eigenvalue weighted by Crippen LogP contribution is -2.50. The first-order chi connectivity index (χ1) is 7.06. The minimum absolute atomic E-state index is 0.0243. The number of hydrogen-bond acceptors (Lipinski definition) is 2. The molecule has 15 heavy (non-hydrogen) atoms. The molecule has 1 atom stereocenters. The maximum atomic E-state index is 11.4. The van der Waals surface area contributed by atoms with Crippen LogP contribution in [0.5, 0.6) is 0 Å². The van der Waals surface area contributed by atoms with Crippen molar-refractivity contribution in [3.8, 4) is 0 Å². The molecule has 0 aromatic rings. The van der Waals surface area contributed by atoms with E-state index < -0.39 is 0 Å². The molecule has 0 aromatic heterocycles. The molecule has 1 aliphatic rings. The van der Waals surface area contributed by atoms with Gasteiger partial charge in [-0.25, -0.2) is 0 Å². The molecule has 1 heterocycles. The summed E-state index contributed by atoms with van der Waals surface area (Å²) in [6.07, 6.45) is 1.90. The van der Waals surface area contributed by atoms with Gasteiger partial charge in [-0.15, -0.1) is 11.6 Å². The molecule has 1 rings (SSSR count). The van der Waals surface area contributed by atoms with Gasteiger partial charge in [0, 0.05) is 33.1 Å². The maximum Gasteiger partial charge on any atom is 0.237 e. The Hall–Kier alpha value is -0.770. The van der Waals surface area contributed by atoms with E-state index >= 15 is 0 Å². The van der Waals surface area contributed by atoms with Crippen molar-refractivity contribution >= 4 is 23.4 Å². The highest BCUT2D eigenvalue weighted by atomic mass is 35.5. The predicted molar refractivity (Wildman–Crippen MR) is 58.8 cm³/mol. The van der Waals surface area contributed by atoms with Gasteiger partial charge in [-0.3, -0.25) is 9.59 Å². The number of alkyl halides is 1. The molecule has 1 unspecified atom stereocenters. The van der Waals surface area contributed by atoms with Crippen LogP contribution in [0.4, 0.5) is 0 Å². The lowest BCUT2D eigenvalue weighted by Gasteiger charge is -2.37. The highest BCUT2D eigenvalue weighted by molar-refractivity contribution is 6.27. The Balaban J connectivity index is 2.56. The topological polar surface area (TPSA) is 40.6 Å². The highest BCUT2D eigenvalue weighted by Crippen LogP contribution is 2.15. The molecule has 1 saturated heterocycles. The molecular formula is C10H17ClN2O2. The van der Waals surface area contributed by atoms with E-state index in [2.05, 4.69) is 0 Å². The number of rotatable bonds is 2. The van der Waals surface area contributed by atoms with Crippen molar-refractivity contribution in [1.82, 2.24) is 9.80 Å². The Kier molecular flexibility index (Phi) is 4.39. The largest absolute Gasteiger partial charge is 0.341 e. The molecular weight excluding hydrogens is 216 g/mol. The van der Waals surface area contributed by atoms with E-state index in [1.54, 1.807) is 23.8 Å². The van der Waals surface area contributed by atoms with Crippen LogP contribution >= 0.6 is 11.6 Å². The average Bonchev–Trinajstić information content (AvgIpc) is 2.27. The molecule has 5 heteroatoms. The zero-order valence-corrected chi connectivity index (χ0v) is 9.96. The minimum Gasteiger partial charge on any atom is -0.341 e. The summed E-state index contributed by atoms with van der Waals surface area (Å²) in [6, 6.07) is 0.142. The van der Waals surface area contributed by atoms with Gasteiger partial charge >= 0.3 is 0 Å². The summed E-state index contributed by atoms with van der Waals surface area (Å²) in [6.45, 7) is 2.91. The third kappa shape index (κ3) is 3.09. The summed E-state index contributed by atoms with van der Waals surface area (Å²) in [5.74, 6) is 0.0229. The van der Waals surface area contributed by atoms with Gasteiger partial charge in [0.05, 0.1) is 0 Å². The first-order valence-corrected chi connectivity index (χ1v) is 5.67. The second kappa shape index (κ2) is 5.35. The normalized spacial score (nSPS) is 21.3. The smallest absolute Gasteiger partial charge is 0.237 e. The van der Waals surface area contributed by atoms with E-state index in [1.165, 1.54) is 0 Å². The fourth-order valence-corrected chi connectivity index (χ4v) is 2.01. The van der Waals surface area contributed by atoms with Crippen LogP contribution in [-0.4, -0.2) is 53.7 Å². The predicted octanol–water partition coefficient (Wildman–Crippen LogP) is 0.694. The van der Waals surface area contributed by atoms with E-state index in [-0.39, 0.29) is 23.7 Å². The Labute approximate surface area is 95.2 Å². The standard InChI is InChI=1S/C10H17ClN2O2/c1-8(14)12(2)9-4-3-5-13(7-9)10(15)6-11/h9H,3-7H2,1-2H3. The van der Waals surface area contributed by atoms with Crippen molar-refractivity contribution in [2.45, 2.75) is 25.8 Å². The molecule has 86 valence electrons. The van der Waals surface area contributed by atoms with Gasteiger partial charge in [-0.1, -0.05) is 0 Å². The van der Waals surface area contributed by atoms with Gasteiger partial charge in [-0.2, -0.15) is 0 Å². The van der Waals surface area contributed by atoms with E-state index in [0.717, 1.165) is 19.4 Å². The van der Waals surface area contributed by atoms with Crippen LogP contribution in [0.15, 0.2) is 0 Å². The van der Waals surface area contributed by atoms with Crippen molar-refractivity contribution in [3.05, 3.63) is 0 Å². The molecule has 0 aromatic carbocycles. The van der Waals surface area contributed by atoms with Crippen molar-refractivity contribution in [1.29, 1.82) is 0 Å². The summed E-state index contributed by atoms with van der Waals surface area (Å²) < 4.78 is 0. The SMILES string of the molecule is CC(=O)N(C)C1CCCN(C(=O)CCl)C1. The van der Waals surface area contributed by atoms with Gasteiger partial charge in [0.2, 0.25) is 11.8 Å². The van der Waals surface area contributed by atoms with E-state index in [1.807, 2.05) is 0 Å². The Morgan fingerprint density at radius 2 is 2.20 bits per heavy atom. The van der Waals surface area contributed by atoms with Crippen molar-refractivity contribution in [3.63, 3.8) is 0 Å². The maximum absolute atomic E-state index is 11.4. The lowest BCUT2D eigenvalue weighted by atomic mass is 10.0. The molecule has 0 N–H and O–H groups in total. The Morgan fingerprint density at radius 1 is 1.53 bits per heavy atom. The quantitative estimate of drug-likeness (QED) is 0.658. The lowest BCUT2D eigenvalue weighted by molar-refractivity contribution is -0.135. The zero-order chi connectivity index (χ0) is 11.4. The summed E-state index contributed by atoms with van der Waals surface area (Å²) in [5.41, 5.74) is 0. The number of carbonyl (C=O) groups excluding carboxylic acids is 2. The fourth-order valence-electron chi connectivity index (χ4n) is 1.84. The van der Waals surface area contributed by atoms with Crippen LogP contribution < -0.4 is 0 Å². The first-order valence-electron chi connectivity index (χ1n) is 5.13. The second-order valence-corrected chi connectivity index (χ2v) is 4.17. The van der Waals surface area contributed by atoms with Crippen LogP contribution in [0.2, 0.25) is 0 Å². The van der Waals surface area contributed by atoms with Gasteiger partial charge in [0.1, 0.15) is 5.88 Å². The Morgan fingerprint density at radius 3 is 2.73 bits per heavy atom. The Bertz CT molecular complexity index is 258. The zero-order valence-electron chi connectivity index (χ0n) is 9.20. The van der Waals surface area contributed by atoms with Crippen LogP contribution in [0.1, 0.15) is 19.8 Å². The number of hydrogen-bond donors (Lipinski definition) is 0. The van der Waals surface area contributed by atoms with E-state index in [4.69, 9.17) is 11.6 Å². The van der Waals surface area contributed by atoms with Gasteiger partial charge < -0.3 is 9.80 Å². The fraction of sp³-hybridized carbons (Fsp3) is 0.800. The summed E-state index contributed by atoms with van der Waals surface area (Å²) in [5, 5.41) is 0. The molecule has 2 amide bonds. The third-order valence-corrected chi connectivity index (χ3v) is 3.14. The molecule has 4 nitrogen and oxygen atoms in total. The van der Waals surface area contributed by atoms with Crippen LogP contribution in [-0.2, 0) is 9.59 Å². The first kappa shape index (κ1) is 12.3. The second-order valence-electron chi connectivity index (χ2n) is 3.90. The van der Waals surface area contributed by atoms with Gasteiger partial charge in [0.15, 0.2) is 0 Å². The van der Waals surface area contributed by atoms with Crippen molar-refractivity contribution < 1.29 is 9.59 Å². The molecule has 0 bridgehead atoms. The number of piperidine rings is 1. The summed E-state index contributed by atoms with van der Waals surface area (Å²) in [4.78, 5) is 26.0. The third-order valence-electron chi connectivity index (χ3n) is 2.91. The number of carbonyl (C=O) groups is 2. The van der Waals surface area contributed by atoms with E-state index in [0.29, 0.717) is 6.54 Å². The van der Waals surface area contributed by atoms with Crippen LogP contribution in [0.25, 0.3) is 0 Å². The van der Waals surface area contributed by atoms with Crippen molar-refractivity contribution in [2.24, 2.45) is 0 Å². The van der Waals surface area contributed by atoms with E-state index in [9.17, 15) is 9.59 Å². The molecule has 0 saturated carbocycles. The number of likely N-dealkylation sites (N-methyl/N-ethyl adjacent to an activating group) is 1. The number of nitrogens with zero attached hydrogens (tertiary/aromatic N) is 2. The van der Waals surface area contributed by atoms with Crippen LogP contribution in [0, 0.1) is 0 Å². The minimum atomic E-state index is -0.0432. The highest BCUT2D eigenvalue weighted by Gasteiger charge is 2.26. The number of halogens is 1.